The summed E-state index contributed by atoms with van der Waals surface area (Å²) in [6, 6.07) is 3.83. The third-order valence-electron chi connectivity index (χ3n) is 3.56. The van der Waals surface area contributed by atoms with Gasteiger partial charge in [-0.25, -0.2) is 4.98 Å². The lowest BCUT2D eigenvalue weighted by molar-refractivity contribution is -0.125. The van der Waals surface area contributed by atoms with Crippen molar-refractivity contribution in [3.05, 3.63) is 48.3 Å². The minimum Gasteiger partial charge on any atom is -0.352 e. The van der Waals surface area contributed by atoms with Crippen LogP contribution in [0.3, 0.4) is 0 Å². The van der Waals surface area contributed by atoms with Crippen LogP contribution in [0.4, 0.5) is 0 Å². The van der Waals surface area contributed by atoms with Crippen LogP contribution in [-0.4, -0.2) is 20.4 Å². The van der Waals surface area contributed by atoms with Gasteiger partial charge in [0.15, 0.2) is 0 Å². The molecule has 1 N–H and O–H groups in total. The maximum atomic E-state index is 12.1. The number of hydrogen-bond donors (Lipinski definition) is 1. The number of aromatic nitrogens is 3. The van der Waals surface area contributed by atoms with Crippen LogP contribution in [0.25, 0.3) is 0 Å². The zero-order valence-corrected chi connectivity index (χ0v) is 10.6. The molecule has 1 atom stereocenters. The van der Waals surface area contributed by atoms with E-state index in [1.807, 2.05) is 24.7 Å². The average Bonchev–Trinajstić information content (AvgIpc) is 2.93. The fraction of sp³-hybridized carbons (Fsp3) is 0.357. The number of nitrogens with one attached hydrogen (secondary N) is 1. The van der Waals surface area contributed by atoms with E-state index < -0.39 is 0 Å². The standard InChI is InChI=1S/C14H16N4O/c19-14(17-8-11-1-4-15-5-2-11)12-3-6-18-10-16-9-13(18)7-12/h1-2,4-5,9-10,12H,3,6-8H2,(H,17,19). The Hall–Kier alpha value is -2.17. The van der Waals surface area contributed by atoms with Crippen molar-refractivity contribution in [2.24, 2.45) is 5.92 Å². The predicted octanol–water partition coefficient (Wildman–Crippen LogP) is 1.16. The van der Waals surface area contributed by atoms with Crippen molar-refractivity contribution in [3.8, 4) is 0 Å². The zero-order valence-electron chi connectivity index (χ0n) is 10.6. The zero-order chi connectivity index (χ0) is 13.1. The molecule has 1 aliphatic rings. The van der Waals surface area contributed by atoms with Gasteiger partial charge in [0.05, 0.1) is 6.33 Å². The summed E-state index contributed by atoms with van der Waals surface area (Å²) in [5.41, 5.74) is 2.22. The van der Waals surface area contributed by atoms with Gasteiger partial charge in [0.1, 0.15) is 0 Å². The molecule has 0 radical (unpaired) electrons. The molecule has 2 aromatic rings. The molecule has 5 heteroatoms. The number of fused-ring (bicyclic) bond motifs is 1. The lowest BCUT2D eigenvalue weighted by Gasteiger charge is -2.22. The summed E-state index contributed by atoms with van der Waals surface area (Å²) in [6.45, 7) is 1.44. The van der Waals surface area contributed by atoms with Gasteiger partial charge in [0.2, 0.25) is 5.91 Å². The smallest absolute Gasteiger partial charge is 0.223 e. The summed E-state index contributed by atoms with van der Waals surface area (Å²) in [4.78, 5) is 20.2. The van der Waals surface area contributed by atoms with Crippen LogP contribution in [0.1, 0.15) is 17.7 Å². The van der Waals surface area contributed by atoms with E-state index in [1.54, 1.807) is 12.4 Å². The molecule has 5 nitrogen and oxygen atoms in total. The van der Waals surface area contributed by atoms with Gasteiger partial charge < -0.3 is 9.88 Å². The molecule has 0 saturated heterocycles. The Morgan fingerprint density at radius 3 is 3.05 bits per heavy atom. The molecule has 1 amide bonds. The fourth-order valence-electron chi connectivity index (χ4n) is 2.43. The maximum Gasteiger partial charge on any atom is 0.223 e. The second-order valence-corrected chi connectivity index (χ2v) is 4.84. The molecule has 0 spiro atoms. The summed E-state index contributed by atoms with van der Waals surface area (Å²) in [6.07, 6.45) is 8.82. The number of rotatable bonds is 3. The van der Waals surface area contributed by atoms with Crippen LogP contribution < -0.4 is 5.32 Å². The highest BCUT2D eigenvalue weighted by atomic mass is 16.1. The molecular formula is C14H16N4O. The highest BCUT2D eigenvalue weighted by molar-refractivity contribution is 5.79. The summed E-state index contributed by atoms with van der Waals surface area (Å²) in [5.74, 6) is 0.190. The molecule has 3 rings (SSSR count). The van der Waals surface area contributed by atoms with Crippen molar-refractivity contribution < 1.29 is 4.79 Å². The average molecular weight is 256 g/mol. The fourth-order valence-corrected chi connectivity index (χ4v) is 2.43. The van der Waals surface area contributed by atoms with E-state index in [4.69, 9.17) is 0 Å². The van der Waals surface area contributed by atoms with Crippen molar-refractivity contribution in [3.63, 3.8) is 0 Å². The molecule has 98 valence electrons. The first-order valence-corrected chi connectivity index (χ1v) is 6.48. The van der Waals surface area contributed by atoms with Crippen molar-refractivity contribution in [1.29, 1.82) is 0 Å². The molecule has 3 heterocycles. The topological polar surface area (TPSA) is 59.8 Å². The van der Waals surface area contributed by atoms with Crippen molar-refractivity contribution in [1.82, 2.24) is 19.9 Å². The van der Waals surface area contributed by atoms with Crippen LogP contribution in [0.15, 0.2) is 37.1 Å². The van der Waals surface area contributed by atoms with Gasteiger partial charge in [0.25, 0.3) is 0 Å². The van der Waals surface area contributed by atoms with E-state index in [0.717, 1.165) is 30.6 Å². The largest absolute Gasteiger partial charge is 0.352 e. The van der Waals surface area contributed by atoms with E-state index in [1.165, 1.54) is 0 Å². The molecule has 2 aromatic heterocycles. The molecule has 0 bridgehead atoms. The van der Waals surface area contributed by atoms with Gasteiger partial charge in [0, 0.05) is 49.7 Å². The Labute approximate surface area is 111 Å². The predicted molar refractivity (Wildman–Crippen MR) is 70.1 cm³/mol. The van der Waals surface area contributed by atoms with E-state index in [-0.39, 0.29) is 11.8 Å². The lowest BCUT2D eigenvalue weighted by atomic mass is 9.95. The Balaban J connectivity index is 1.57. The number of carbonyl (C=O) groups excluding carboxylic acids is 1. The van der Waals surface area contributed by atoms with E-state index in [0.29, 0.717) is 6.54 Å². The highest BCUT2D eigenvalue weighted by Gasteiger charge is 2.24. The normalized spacial score (nSPS) is 17.8. The van der Waals surface area contributed by atoms with Gasteiger partial charge in [-0.3, -0.25) is 9.78 Å². The van der Waals surface area contributed by atoms with E-state index in [9.17, 15) is 4.79 Å². The van der Waals surface area contributed by atoms with Gasteiger partial charge >= 0.3 is 0 Å². The van der Waals surface area contributed by atoms with Crippen LogP contribution in [0.2, 0.25) is 0 Å². The van der Waals surface area contributed by atoms with Crippen molar-refractivity contribution in [2.45, 2.75) is 25.9 Å². The number of aryl methyl sites for hydroxylation is 1. The molecule has 19 heavy (non-hydrogen) atoms. The minimum absolute atomic E-state index is 0.0611. The number of amides is 1. The second kappa shape index (κ2) is 5.22. The highest BCUT2D eigenvalue weighted by Crippen LogP contribution is 2.20. The van der Waals surface area contributed by atoms with Crippen LogP contribution >= 0.6 is 0 Å². The summed E-state index contributed by atoms with van der Waals surface area (Å²) >= 11 is 0. The van der Waals surface area contributed by atoms with E-state index in [2.05, 4.69) is 19.9 Å². The van der Waals surface area contributed by atoms with Crippen molar-refractivity contribution >= 4 is 5.91 Å². The Kier molecular flexibility index (Phi) is 3.27. The SMILES string of the molecule is O=C(NCc1ccncc1)C1CCn2cncc2C1. The van der Waals surface area contributed by atoms with Gasteiger partial charge in [-0.05, 0) is 24.1 Å². The summed E-state index contributed by atoms with van der Waals surface area (Å²) in [7, 11) is 0. The molecule has 0 aromatic carbocycles. The molecule has 1 aliphatic heterocycles. The van der Waals surface area contributed by atoms with Crippen molar-refractivity contribution in [2.75, 3.05) is 0 Å². The van der Waals surface area contributed by atoms with Crippen LogP contribution in [-0.2, 0) is 24.3 Å². The van der Waals surface area contributed by atoms with E-state index >= 15 is 0 Å². The first kappa shape index (κ1) is 11.9. The first-order valence-electron chi connectivity index (χ1n) is 6.48. The van der Waals surface area contributed by atoms with Crippen LogP contribution in [0.5, 0.6) is 0 Å². The molecular weight excluding hydrogens is 240 g/mol. The number of carbonyl (C=O) groups is 1. The molecule has 1 unspecified atom stereocenters. The molecule has 0 saturated carbocycles. The van der Waals surface area contributed by atoms with Crippen LogP contribution in [0, 0.1) is 5.92 Å². The Bertz CT molecular complexity index is 564. The Morgan fingerprint density at radius 1 is 1.37 bits per heavy atom. The summed E-state index contributed by atoms with van der Waals surface area (Å²) in [5, 5.41) is 3.00. The first-order chi connectivity index (χ1) is 9.33. The monoisotopic (exact) mass is 256 g/mol. The number of imidazole rings is 1. The quantitative estimate of drug-likeness (QED) is 0.896. The number of hydrogen-bond acceptors (Lipinski definition) is 3. The Morgan fingerprint density at radius 2 is 2.21 bits per heavy atom. The third-order valence-corrected chi connectivity index (χ3v) is 3.56. The number of pyridine rings is 1. The molecule has 0 aliphatic carbocycles. The maximum absolute atomic E-state index is 12.1. The minimum atomic E-state index is 0.0611. The number of nitrogens with zero attached hydrogens (tertiary/aromatic N) is 3. The lowest BCUT2D eigenvalue weighted by Crippen LogP contribution is -2.34. The summed E-state index contributed by atoms with van der Waals surface area (Å²) < 4.78 is 2.12. The molecule has 0 fully saturated rings. The third kappa shape index (κ3) is 2.65. The van der Waals surface area contributed by atoms with Gasteiger partial charge in [-0.2, -0.15) is 0 Å². The van der Waals surface area contributed by atoms with Gasteiger partial charge in [-0.15, -0.1) is 0 Å². The van der Waals surface area contributed by atoms with Gasteiger partial charge in [-0.1, -0.05) is 0 Å². The second-order valence-electron chi connectivity index (χ2n) is 4.84.